The zero-order valence-corrected chi connectivity index (χ0v) is 14.3. The number of rotatable bonds is 3. The van der Waals surface area contributed by atoms with Crippen LogP contribution in [0.5, 0.6) is 0 Å². The lowest BCUT2D eigenvalue weighted by molar-refractivity contribution is -0.126. The summed E-state index contributed by atoms with van der Waals surface area (Å²) in [7, 11) is 1.86. The average molecular weight is 308 g/mol. The molecule has 23 heavy (non-hydrogen) atoms. The number of carbonyl (C=O) groups is 1. The van der Waals surface area contributed by atoms with Crippen molar-refractivity contribution in [2.75, 3.05) is 13.6 Å². The summed E-state index contributed by atoms with van der Waals surface area (Å²) in [4.78, 5) is 13.4. The quantitative estimate of drug-likeness (QED) is 0.944. The first-order chi connectivity index (χ1) is 11.0. The minimum atomic E-state index is 0.108. The van der Waals surface area contributed by atoms with Crippen LogP contribution in [0.1, 0.15) is 22.3 Å². The molecule has 1 fully saturated rings. The fraction of sp³-hybridized carbons (Fsp3) is 0.350. The number of hydrogen-bond donors (Lipinski definition) is 1. The molecule has 1 aliphatic heterocycles. The molecule has 3 heteroatoms. The molecule has 0 radical (unpaired) electrons. The summed E-state index contributed by atoms with van der Waals surface area (Å²) in [5, 5.41) is 3.25. The first-order valence-electron chi connectivity index (χ1n) is 8.12. The van der Waals surface area contributed by atoms with Gasteiger partial charge in [-0.3, -0.25) is 10.1 Å². The minimum Gasteiger partial charge on any atom is -0.329 e. The van der Waals surface area contributed by atoms with Gasteiger partial charge in [-0.1, -0.05) is 42.0 Å². The molecule has 120 valence electrons. The Hall–Kier alpha value is -2.13. The summed E-state index contributed by atoms with van der Waals surface area (Å²) in [5.74, 6) is 0.164. The van der Waals surface area contributed by atoms with Crippen LogP contribution >= 0.6 is 0 Å². The van der Waals surface area contributed by atoms with Gasteiger partial charge in [0.05, 0.1) is 12.7 Å². The van der Waals surface area contributed by atoms with Crippen LogP contribution in [0.25, 0.3) is 11.1 Å². The fourth-order valence-corrected chi connectivity index (χ4v) is 3.52. The average Bonchev–Trinajstić information content (AvgIpc) is 2.80. The van der Waals surface area contributed by atoms with Crippen molar-refractivity contribution in [3.63, 3.8) is 0 Å². The molecule has 1 heterocycles. The Morgan fingerprint density at radius 2 is 1.70 bits per heavy atom. The van der Waals surface area contributed by atoms with Crippen LogP contribution in [0.3, 0.4) is 0 Å². The SMILES string of the molecule is Cc1cc(C)c(-c2ccc(C[C@@H]3NCC(=O)N3C)cc2)c(C)c1. The van der Waals surface area contributed by atoms with E-state index in [1.807, 2.05) is 7.05 Å². The number of benzene rings is 2. The van der Waals surface area contributed by atoms with E-state index in [0.717, 1.165) is 6.42 Å². The lowest BCUT2D eigenvalue weighted by atomic mass is 9.93. The third-order valence-corrected chi connectivity index (χ3v) is 4.70. The molecule has 3 rings (SSSR count). The molecule has 0 aliphatic carbocycles. The smallest absolute Gasteiger partial charge is 0.237 e. The molecule has 1 saturated heterocycles. The Morgan fingerprint density at radius 1 is 1.09 bits per heavy atom. The number of aryl methyl sites for hydroxylation is 3. The van der Waals surface area contributed by atoms with Gasteiger partial charge in [0.25, 0.3) is 0 Å². The number of amides is 1. The Kier molecular flexibility index (Phi) is 4.22. The third kappa shape index (κ3) is 3.15. The molecule has 3 nitrogen and oxygen atoms in total. The number of likely N-dealkylation sites (N-methyl/N-ethyl adjacent to an activating group) is 1. The largest absolute Gasteiger partial charge is 0.329 e. The summed E-state index contributed by atoms with van der Waals surface area (Å²) in [6.45, 7) is 6.93. The van der Waals surface area contributed by atoms with E-state index in [1.54, 1.807) is 4.90 Å². The molecule has 0 saturated carbocycles. The second-order valence-electron chi connectivity index (χ2n) is 6.58. The van der Waals surface area contributed by atoms with Gasteiger partial charge in [-0.05, 0) is 48.6 Å². The van der Waals surface area contributed by atoms with E-state index < -0.39 is 0 Å². The summed E-state index contributed by atoms with van der Waals surface area (Å²) in [6.07, 6.45) is 0.949. The summed E-state index contributed by atoms with van der Waals surface area (Å²) < 4.78 is 0. The lowest BCUT2D eigenvalue weighted by Crippen LogP contribution is -2.35. The molecule has 1 aliphatic rings. The molecule has 0 bridgehead atoms. The van der Waals surface area contributed by atoms with Gasteiger partial charge < -0.3 is 4.90 Å². The number of carbonyl (C=O) groups excluding carboxylic acids is 1. The highest BCUT2D eigenvalue weighted by Gasteiger charge is 2.26. The molecule has 0 spiro atoms. The molecule has 1 N–H and O–H groups in total. The monoisotopic (exact) mass is 308 g/mol. The number of nitrogens with one attached hydrogen (secondary N) is 1. The van der Waals surface area contributed by atoms with Crippen molar-refractivity contribution in [1.82, 2.24) is 10.2 Å². The molecule has 1 atom stereocenters. The highest BCUT2D eigenvalue weighted by Crippen LogP contribution is 2.28. The summed E-state index contributed by atoms with van der Waals surface area (Å²) in [6, 6.07) is 13.2. The van der Waals surface area contributed by atoms with Crippen LogP contribution in [0.2, 0.25) is 0 Å². The van der Waals surface area contributed by atoms with Crippen LogP contribution in [0.15, 0.2) is 36.4 Å². The standard InChI is InChI=1S/C20H24N2O/c1-13-9-14(2)20(15(3)10-13)17-7-5-16(6-8-17)11-18-21-12-19(23)22(18)4/h5-10,18,21H,11-12H2,1-4H3/t18-/m1/s1. The normalized spacial score (nSPS) is 17.8. The molecular weight excluding hydrogens is 284 g/mol. The zero-order chi connectivity index (χ0) is 16.6. The molecule has 0 unspecified atom stereocenters. The Labute approximate surface area is 138 Å². The van der Waals surface area contributed by atoms with E-state index in [1.165, 1.54) is 33.4 Å². The van der Waals surface area contributed by atoms with Gasteiger partial charge in [-0.15, -0.1) is 0 Å². The van der Waals surface area contributed by atoms with Gasteiger partial charge in [0.15, 0.2) is 0 Å². The van der Waals surface area contributed by atoms with E-state index in [2.05, 4.69) is 62.5 Å². The van der Waals surface area contributed by atoms with Crippen molar-refractivity contribution in [2.24, 2.45) is 0 Å². The first-order valence-corrected chi connectivity index (χ1v) is 8.12. The maximum Gasteiger partial charge on any atom is 0.237 e. The third-order valence-electron chi connectivity index (χ3n) is 4.70. The second kappa shape index (κ2) is 6.17. The molecule has 1 amide bonds. The molecule has 0 aromatic heterocycles. The van der Waals surface area contributed by atoms with Crippen molar-refractivity contribution >= 4 is 5.91 Å². The maximum atomic E-state index is 11.6. The Balaban J connectivity index is 1.82. The highest BCUT2D eigenvalue weighted by atomic mass is 16.2. The topological polar surface area (TPSA) is 32.3 Å². The van der Waals surface area contributed by atoms with E-state index >= 15 is 0 Å². The van der Waals surface area contributed by atoms with E-state index in [0.29, 0.717) is 6.54 Å². The Morgan fingerprint density at radius 3 is 2.22 bits per heavy atom. The second-order valence-corrected chi connectivity index (χ2v) is 6.58. The van der Waals surface area contributed by atoms with Crippen LogP contribution < -0.4 is 5.32 Å². The summed E-state index contributed by atoms with van der Waals surface area (Å²) >= 11 is 0. The molecular formula is C20H24N2O. The van der Waals surface area contributed by atoms with E-state index in [4.69, 9.17) is 0 Å². The van der Waals surface area contributed by atoms with Crippen molar-refractivity contribution < 1.29 is 4.79 Å². The van der Waals surface area contributed by atoms with Gasteiger partial charge in [0.2, 0.25) is 5.91 Å². The van der Waals surface area contributed by atoms with Crippen molar-refractivity contribution in [3.05, 3.63) is 58.7 Å². The van der Waals surface area contributed by atoms with Crippen LogP contribution in [-0.4, -0.2) is 30.6 Å². The Bertz CT molecular complexity index is 711. The van der Waals surface area contributed by atoms with Gasteiger partial charge in [-0.2, -0.15) is 0 Å². The lowest BCUT2D eigenvalue weighted by Gasteiger charge is -2.19. The van der Waals surface area contributed by atoms with Gasteiger partial charge in [-0.25, -0.2) is 0 Å². The van der Waals surface area contributed by atoms with Crippen molar-refractivity contribution in [3.8, 4) is 11.1 Å². The van der Waals surface area contributed by atoms with E-state index in [-0.39, 0.29) is 12.1 Å². The fourth-order valence-electron chi connectivity index (χ4n) is 3.52. The number of hydrogen-bond acceptors (Lipinski definition) is 2. The maximum absolute atomic E-state index is 11.6. The first kappa shape index (κ1) is 15.8. The minimum absolute atomic E-state index is 0.108. The summed E-state index contributed by atoms with van der Waals surface area (Å²) in [5.41, 5.74) is 7.77. The predicted molar refractivity (Wildman–Crippen MR) is 94.4 cm³/mol. The van der Waals surface area contributed by atoms with Gasteiger partial charge in [0, 0.05) is 13.5 Å². The van der Waals surface area contributed by atoms with Crippen molar-refractivity contribution in [2.45, 2.75) is 33.4 Å². The van der Waals surface area contributed by atoms with E-state index in [9.17, 15) is 4.79 Å². The number of nitrogens with zero attached hydrogens (tertiary/aromatic N) is 1. The highest BCUT2D eigenvalue weighted by molar-refractivity contribution is 5.80. The van der Waals surface area contributed by atoms with Gasteiger partial charge in [0.1, 0.15) is 0 Å². The van der Waals surface area contributed by atoms with Crippen LogP contribution in [-0.2, 0) is 11.2 Å². The van der Waals surface area contributed by atoms with Crippen molar-refractivity contribution in [1.29, 1.82) is 0 Å². The predicted octanol–water partition coefficient (Wildman–Crippen LogP) is 3.21. The van der Waals surface area contributed by atoms with Crippen LogP contribution in [0.4, 0.5) is 0 Å². The molecule has 2 aromatic rings. The molecule has 2 aromatic carbocycles. The zero-order valence-electron chi connectivity index (χ0n) is 14.3. The van der Waals surface area contributed by atoms with Crippen LogP contribution in [0, 0.1) is 20.8 Å². The van der Waals surface area contributed by atoms with Gasteiger partial charge >= 0.3 is 0 Å².